The number of hydrogen-bond acceptors (Lipinski definition) is 21. The number of likely N-dealkylation sites (N-methyl/N-ethyl adjacent to an activating group) is 1. The number of nitrogens with zero attached hydrogens (tertiary/aromatic N) is 8. The van der Waals surface area contributed by atoms with E-state index in [2.05, 4.69) is 81.7 Å². The SMILES string of the molecule is CCC1CCC(Nc2nc(N)nc(Nc3cc(Nc4ccc5c6c4C(=O)c4ccccc4C6=C(C(O)c4cccc(C)c4)C(O)N5C)c(C)cc3C)n2)CC1.Cc1cccc(C(=O)c2c3c4c(c(Nc5cc(Nc6nc(N)nc(NC7CCC(C)CC7)n6)c(C)cc5C)ccc4n(C)c2=O)C(=O)c2ccccc2-3)c1. The Hall–Kier alpha value is -12.1. The van der Waals surface area contributed by atoms with Gasteiger partial charge in [0, 0.05) is 93.4 Å². The van der Waals surface area contributed by atoms with Crippen molar-refractivity contribution in [3.63, 3.8) is 0 Å². The van der Waals surface area contributed by atoms with Gasteiger partial charge in [-0.1, -0.05) is 135 Å². The van der Waals surface area contributed by atoms with Crippen LogP contribution in [0.25, 0.3) is 27.6 Å². The fourth-order valence-corrected chi connectivity index (χ4v) is 16.4. The van der Waals surface area contributed by atoms with E-state index in [4.69, 9.17) is 11.5 Å². The fraction of sp³-hybridized carbons (Fsp3) is 0.287. The predicted molar refractivity (Wildman–Crippen MR) is 434 cm³/mol. The summed E-state index contributed by atoms with van der Waals surface area (Å²) in [7, 11) is 3.43. The van der Waals surface area contributed by atoms with Gasteiger partial charge < -0.3 is 63.0 Å². The maximum atomic E-state index is 14.6. The molecule has 8 aromatic carbocycles. The fourth-order valence-electron chi connectivity index (χ4n) is 16.4. The molecule has 554 valence electrons. The highest BCUT2D eigenvalue weighted by atomic mass is 16.3. The first-order chi connectivity index (χ1) is 52.5. The number of nitrogens with one attached hydrogen (secondary N) is 6. The van der Waals surface area contributed by atoms with Crippen LogP contribution in [0.15, 0.2) is 156 Å². The third-order valence-corrected chi connectivity index (χ3v) is 22.4. The van der Waals surface area contributed by atoms with Gasteiger partial charge in [0.2, 0.25) is 35.7 Å². The summed E-state index contributed by atoms with van der Waals surface area (Å²) in [6.45, 7) is 16.4. The van der Waals surface area contributed by atoms with Crippen LogP contribution in [0, 0.1) is 53.4 Å². The third kappa shape index (κ3) is 14.0. The van der Waals surface area contributed by atoms with E-state index >= 15 is 0 Å². The maximum Gasteiger partial charge on any atom is 0.262 e. The lowest BCUT2D eigenvalue weighted by Gasteiger charge is -2.41. The van der Waals surface area contributed by atoms with E-state index < -0.39 is 17.9 Å². The van der Waals surface area contributed by atoms with E-state index in [1.165, 1.54) is 23.8 Å². The number of rotatable bonds is 17. The Labute approximate surface area is 633 Å². The molecule has 4 aliphatic carbocycles. The maximum absolute atomic E-state index is 14.6. The molecule has 12 N–H and O–H groups in total. The van der Waals surface area contributed by atoms with Crippen LogP contribution < -0.4 is 53.8 Å². The highest BCUT2D eigenvalue weighted by Gasteiger charge is 2.43. The number of aryl methyl sites for hydroxylation is 7. The number of pyridine rings is 1. The zero-order valence-electron chi connectivity index (χ0n) is 62.9. The Morgan fingerprint density at radius 1 is 0.514 bits per heavy atom. The molecule has 2 unspecified atom stereocenters. The van der Waals surface area contributed by atoms with Gasteiger partial charge in [-0.05, 0) is 192 Å². The largest absolute Gasteiger partial charge is 0.384 e. The van der Waals surface area contributed by atoms with Crippen molar-refractivity contribution < 1.29 is 24.6 Å². The predicted octanol–water partition coefficient (Wildman–Crippen LogP) is 16.2. The number of fused-ring (bicyclic) bond motifs is 4. The van der Waals surface area contributed by atoms with Gasteiger partial charge in [-0.25, -0.2) is 0 Å². The zero-order chi connectivity index (χ0) is 76.4. The van der Waals surface area contributed by atoms with Crippen molar-refractivity contribution in [3.05, 3.63) is 245 Å². The number of aromatic nitrogens is 7. The first-order valence-corrected chi connectivity index (χ1v) is 37.5. The van der Waals surface area contributed by atoms with E-state index in [9.17, 15) is 29.4 Å². The summed E-state index contributed by atoms with van der Waals surface area (Å²) >= 11 is 0. The molecule has 2 atom stereocenters. The van der Waals surface area contributed by atoms with Crippen molar-refractivity contribution in [1.82, 2.24) is 34.5 Å². The van der Waals surface area contributed by atoms with Crippen molar-refractivity contribution in [2.24, 2.45) is 18.9 Å². The number of hydrogen-bond donors (Lipinski definition) is 10. The first kappa shape index (κ1) is 72.4. The van der Waals surface area contributed by atoms with Gasteiger partial charge >= 0.3 is 0 Å². The monoisotopic (exact) mass is 1450 g/mol. The lowest BCUT2D eigenvalue weighted by atomic mass is 9.74. The van der Waals surface area contributed by atoms with Crippen molar-refractivity contribution in [1.29, 1.82) is 0 Å². The number of benzene rings is 8. The topological polar surface area (TPSA) is 318 Å². The molecular weight excluding hydrogens is 1370 g/mol. The molecular formula is C87H90N16O6. The number of carbonyl (C=O) groups is 3. The molecule has 2 saturated carbocycles. The minimum atomic E-state index is -1.13. The first-order valence-electron chi connectivity index (χ1n) is 37.5. The molecule has 0 amide bonds. The molecule has 16 rings (SSSR count). The smallest absolute Gasteiger partial charge is 0.262 e. The molecule has 0 radical (unpaired) electrons. The summed E-state index contributed by atoms with van der Waals surface area (Å²) in [5.74, 6) is 2.56. The Balaban J connectivity index is 0.000000174. The van der Waals surface area contributed by atoms with Crippen molar-refractivity contribution in [3.8, 4) is 11.1 Å². The molecule has 2 fully saturated rings. The summed E-state index contributed by atoms with van der Waals surface area (Å²) in [5, 5.41) is 45.1. The third-order valence-electron chi connectivity index (χ3n) is 22.4. The summed E-state index contributed by atoms with van der Waals surface area (Å²) in [6, 6.07) is 45.5. The molecule has 3 aromatic heterocycles. The number of nitrogens with two attached hydrogens (primary N) is 2. The van der Waals surface area contributed by atoms with Crippen molar-refractivity contribution in [2.45, 2.75) is 138 Å². The Kier molecular flexibility index (Phi) is 19.6. The number of nitrogen functional groups attached to an aromatic ring is 2. The van der Waals surface area contributed by atoms with Crippen LogP contribution in [-0.4, -0.2) is 87.4 Å². The van der Waals surface area contributed by atoms with Crippen LogP contribution in [0.4, 0.5) is 75.5 Å². The van der Waals surface area contributed by atoms with E-state index in [1.54, 1.807) is 49.3 Å². The van der Waals surface area contributed by atoms with Gasteiger partial charge in [-0.3, -0.25) is 19.2 Å². The van der Waals surface area contributed by atoms with Gasteiger partial charge in [0.15, 0.2) is 23.6 Å². The molecule has 1 aliphatic heterocycles. The molecule has 11 aromatic rings. The van der Waals surface area contributed by atoms with Crippen LogP contribution >= 0.6 is 0 Å². The summed E-state index contributed by atoms with van der Waals surface area (Å²) < 4.78 is 1.47. The summed E-state index contributed by atoms with van der Waals surface area (Å²) in [4.78, 5) is 86.0. The van der Waals surface area contributed by atoms with E-state index in [0.717, 1.165) is 106 Å². The van der Waals surface area contributed by atoms with E-state index in [0.29, 0.717) is 125 Å². The highest BCUT2D eigenvalue weighted by molar-refractivity contribution is 6.31. The van der Waals surface area contributed by atoms with Crippen LogP contribution in [0.1, 0.15) is 176 Å². The number of ketones is 3. The van der Waals surface area contributed by atoms with Gasteiger partial charge in [0.05, 0.1) is 33.6 Å². The summed E-state index contributed by atoms with van der Waals surface area (Å²) in [5.41, 5.74) is 29.5. The van der Waals surface area contributed by atoms with Crippen LogP contribution in [-0.2, 0) is 7.05 Å². The van der Waals surface area contributed by atoms with Gasteiger partial charge in [0.1, 0.15) is 6.10 Å². The Morgan fingerprint density at radius 3 is 1.58 bits per heavy atom. The van der Waals surface area contributed by atoms with Crippen LogP contribution in [0.3, 0.4) is 0 Å². The Morgan fingerprint density at radius 2 is 1.01 bits per heavy atom. The quantitative estimate of drug-likeness (QED) is 0.0379. The molecule has 4 heterocycles. The normalized spacial score (nSPS) is 17.8. The van der Waals surface area contributed by atoms with Crippen molar-refractivity contribution in [2.75, 3.05) is 55.3 Å². The number of carbonyl (C=O) groups excluding carboxylic acids is 3. The number of aliphatic hydroxyl groups is 2. The number of aliphatic hydroxyl groups excluding tert-OH is 2. The van der Waals surface area contributed by atoms with Gasteiger partial charge in [-0.2, -0.15) is 29.9 Å². The average Bonchev–Trinajstić information content (AvgIpc) is 0.712. The second kappa shape index (κ2) is 29.5. The molecule has 0 spiro atoms. The summed E-state index contributed by atoms with van der Waals surface area (Å²) in [6.07, 6.45) is 7.90. The second-order valence-corrected chi connectivity index (χ2v) is 30.0. The van der Waals surface area contributed by atoms with E-state index in [-0.39, 0.29) is 40.9 Å². The van der Waals surface area contributed by atoms with Crippen LogP contribution in [0.5, 0.6) is 0 Å². The standard InChI is InChI=1S/C44H48N8O3.C43H42N8O3/c1-6-26-14-16-28(17-15-26)46-43-49-42(45)50-44(51-43)48-33-22-32(24(3)21-25(33)4)47-31-18-19-34-37-35(29-12-7-8-13-30(29)40(54)36(31)37)38(41(55)52(34)5)39(53)27-11-9-10-23(2)20-27;1-22-13-15-27(16-14-22)45-42-48-41(44)49-43(50-42)47-32-21-31(24(3)20-25(32)4)46-30-17-18-33-36-34(28-11-6-7-12-29(28)39(53)35(30)36)37(40(54)51(33)5)38(52)26-10-8-9-23(2)19-26/h7-13,18-22,26,28,39,41,47,53,55H,6,14-17H2,1-5H3,(H4,45,46,48,49,50,51);6-12,17-22,27,46H,13-16H2,1-5H3,(H4,44,45,47,48,49,50). The second-order valence-electron chi connectivity index (χ2n) is 30.0. The Bertz CT molecular complexity index is 5620. The average molecular weight is 1460 g/mol. The molecule has 22 heteroatoms. The lowest BCUT2D eigenvalue weighted by Crippen LogP contribution is -2.40. The lowest BCUT2D eigenvalue weighted by molar-refractivity contribution is 0.102. The van der Waals surface area contributed by atoms with Crippen LogP contribution in [0.2, 0.25) is 0 Å². The van der Waals surface area contributed by atoms with Gasteiger partial charge in [0.25, 0.3) is 5.56 Å². The molecule has 22 nitrogen and oxygen atoms in total. The zero-order valence-corrected chi connectivity index (χ0v) is 62.9. The molecule has 0 saturated heterocycles. The minimum absolute atomic E-state index is 0.0375. The van der Waals surface area contributed by atoms with E-state index in [1.807, 2.05) is 151 Å². The molecule has 109 heavy (non-hydrogen) atoms. The minimum Gasteiger partial charge on any atom is -0.384 e. The molecule has 5 aliphatic rings. The molecule has 0 bridgehead atoms. The highest BCUT2D eigenvalue weighted by Crippen LogP contribution is 2.53. The van der Waals surface area contributed by atoms with Crippen molar-refractivity contribution >= 4 is 109 Å². The van der Waals surface area contributed by atoms with Gasteiger partial charge in [-0.15, -0.1) is 0 Å². The number of anilines is 13.